The summed E-state index contributed by atoms with van der Waals surface area (Å²) in [5.41, 5.74) is 1.45. The van der Waals surface area contributed by atoms with Gasteiger partial charge >= 0.3 is 0 Å². The molecule has 1 aromatic carbocycles. The highest BCUT2D eigenvalue weighted by Crippen LogP contribution is 2.33. The van der Waals surface area contributed by atoms with Crippen LogP contribution in [0.15, 0.2) is 18.2 Å². The van der Waals surface area contributed by atoms with E-state index in [-0.39, 0.29) is 5.54 Å². The van der Waals surface area contributed by atoms with Crippen LogP contribution in [0.4, 0.5) is 0 Å². The Kier molecular flexibility index (Phi) is 4.70. The van der Waals surface area contributed by atoms with Crippen molar-refractivity contribution in [2.75, 3.05) is 13.7 Å². The fraction of sp³-hybridized carbons (Fsp3) is 0.625. The van der Waals surface area contributed by atoms with Gasteiger partial charge < -0.3 is 14.8 Å². The highest BCUT2D eigenvalue weighted by Gasteiger charge is 2.28. The van der Waals surface area contributed by atoms with Crippen LogP contribution in [-0.2, 0) is 6.54 Å². The van der Waals surface area contributed by atoms with E-state index in [1.807, 2.05) is 19.1 Å². The molecule has 0 atom stereocenters. The first-order chi connectivity index (χ1) is 9.18. The lowest BCUT2D eigenvalue weighted by Gasteiger charge is -2.26. The van der Waals surface area contributed by atoms with Crippen molar-refractivity contribution in [3.8, 4) is 11.5 Å². The quantitative estimate of drug-likeness (QED) is 0.852. The number of methoxy groups -OCH3 is 1. The minimum absolute atomic E-state index is 0.284. The zero-order chi connectivity index (χ0) is 13.7. The molecule has 3 nitrogen and oxygen atoms in total. The van der Waals surface area contributed by atoms with Crippen LogP contribution in [0.1, 0.15) is 45.1 Å². The number of ether oxygens (including phenoxy) is 2. The van der Waals surface area contributed by atoms with Crippen LogP contribution in [0.5, 0.6) is 11.5 Å². The van der Waals surface area contributed by atoms with Crippen molar-refractivity contribution in [1.29, 1.82) is 0 Å². The van der Waals surface area contributed by atoms with Gasteiger partial charge in [-0.15, -0.1) is 0 Å². The van der Waals surface area contributed by atoms with Crippen LogP contribution >= 0.6 is 0 Å². The Morgan fingerprint density at radius 3 is 2.63 bits per heavy atom. The Morgan fingerprint density at radius 1 is 1.26 bits per heavy atom. The molecule has 0 aromatic heterocycles. The molecule has 0 bridgehead atoms. The fourth-order valence-electron chi connectivity index (χ4n) is 2.84. The second kappa shape index (κ2) is 6.29. The molecular formula is C16H25NO2. The molecule has 19 heavy (non-hydrogen) atoms. The monoisotopic (exact) mass is 263 g/mol. The molecule has 0 unspecified atom stereocenters. The van der Waals surface area contributed by atoms with Gasteiger partial charge in [-0.3, -0.25) is 0 Å². The molecule has 0 aliphatic heterocycles. The van der Waals surface area contributed by atoms with E-state index in [1.54, 1.807) is 7.11 Å². The lowest BCUT2D eigenvalue weighted by atomic mass is 10.00. The summed E-state index contributed by atoms with van der Waals surface area (Å²) >= 11 is 0. The maximum Gasteiger partial charge on any atom is 0.165 e. The molecule has 3 heteroatoms. The fourth-order valence-corrected chi connectivity index (χ4v) is 2.84. The van der Waals surface area contributed by atoms with Crippen molar-refractivity contribution in [3.63, 3.8) is 0 Å². The van der Waals surface area contributed by atoms with Crippen molar-refractivity contribution in [1.82, 2.24) is 5.32 Å². The van der Waals surface area contributed by atoms with Crippen LogP contribution in [0.2, 0.25) is 0 Å². The van der Waals surface area contributed by atoms with Crippen LogP contribution in [0.25, 0.3) is 0 Å². The van der Waals surface area contributed by atoms with Gasteiger partial charge in [-0.05, 0) is 32.8 Å². The van der Waals surface area contributed by atoms with E-state index in [4.69, 9.17) is 9.47 Å². The van der Waals surface area contributed by atoms with E-state index < -0.39 is 0 Å². The van der Waals surface area contributed by atoms with Gasteiger partial charge in [-0.2, -0.15) is 0 Å². The van der Waals surface area contributed by atoms with Gasteiger partial charge in [0.2, 0.25) is 0 Å². The van der Waals surface area contributed by atoms with Crippen LogP contribution < -0.4 is 14.8 Å². The van der Waals surface area contributed by atoms with E-state index in [2.05, 4.69) is 18.3 Å². The van der Waals surface area contributed by atoms with Gasteiger partial charge in [-0.1, -0.05) is 25.0 Å². The van der Waals surface area contributed by atoms with Gasteiger partial charge in [0.1, 0.15) is 0 Å². The highest BCUT2D eigenvalue weighted by atomic mass is 16.5. The smallest absolute Gasteiger partial charge is 0.165 e. The van der Waals surface area contributed by atoms with E-state index in [9.17, 15) is 0 Å². The van der Waals surface area contributed by atoms with E-state index >= 15 is 0 Å². The standard InChI is InChI=1S/C16H25NO2/c1-4-19-14-9-7-8-13(15(14)18-3)12-17-16(2)10-5-6-11-16/h7-9,17H,4-6,10-12H2,1-3H3. The summed E-state index contributed by atoms with van der Waals surface area (Å²) in [4.78, 5) is 0. The topological polar surface area (TPSA) is 30.5 Å². The third kappa shape index (κ3) is 3.41. The van der Waals surface area contributed by atoms with Crippen molar-refractivity contribution >= 4 is 0 Å². The molecule has 0 amide bonds. The molecule has 106 valence electrons. The minimum Gasteiger partial charge on any atom is -0.493 e. The summed E-state index contributed by atoms with van der Waals surface area (Å²) in [6.07, 6.45) is 5.19. The Bertz CT molecular complexity index is 411. The Labute approximate surface area is 116 Å². The molecule has 0 saturated heterocycles. The SMILES string of the molecule is CCOc1cccc(CNC2(C)CCCC2)c1OC. The number of hydrogen-bond donors (Lipinski definition) is 1. The second-order valence-electron chi connectivity index (χ2n) is 5.50. The molecule has 1 aliphatic rings. The van der Waals surface area contributed by atoms with Gasteiger partial charge in [0, 0.05) is 17.6 Å². The van der Waals surface area contributed by atoms with Gasteiger partial charge in [0.25, 0.3) is 0 Å². The Hall–Kier alpha value is -1.22. The van der Waals surface area contributed by atoms with Gasteiger partial charge in [0.15, 0.2) is 11.5 Å². The van der Waals surface area contributed by atoms with E-state index in [0.717, 1.165) is 18.0 Å². The summed E-state index contributed by atoms with van der Waals surface area (Å²) in [5, 5.41) is 3.68. The minimum atomic E-state index is 0.284. The highest BCUT2D eigenvalue weighted by molar-refractivity contribution is 5.46. The van der Waals surface area contributed by atoms with Crippen molar-refractivity contribution < 1.29 is 9.47 Å². The lowest BCUT2D eigenvalue weighted by molar-refractivity contribution is 0.305. The first-order valence-electron chi connectivity index (χ1n) is 7.22. The van der Waals surface area contributed by atoms with Crippen molar-refractivity contribution in [3.05, 3.63) is 23.8 Å². The second-order valence-corrected chi connectivity index (χ2v) is 5.50. The maximum absolute atomic E-state index is 5.61. The molecule has 1 N–H and O–H groups in total. The third-order valence-corrected chi connectivity index (χ3v) is 3.98. The molecule has 1 saturated carbocycles. The third-order valence-electron chi connectivity index (χ3n) is 3.98. The maximum atomic E-state index is 5.61. The largest absolute Gasteiger partial charge is 0.493 e. The van der Waals surface area contributed by atoms with Gasteiger partial charge in [0.05, 0.1) is 13.7 Å². The molecule has 0 radical (unpaired) electrons. The molecule has 2 rings (SSSR count). The number of para-hydroxylation sites is 1. The molecule has 0 spiro atoms. The summed E-state index contributed by atoms with van der Waals surface area (Å²) in [5.74, 6) is 1.69. The Morgan fingerprint density at radius 2 is 2.00 bits per heavy atom. The van der Waals surface area contributed by atoms with Gasteiger partial charge in [-0.25, -0.2) is 0 Å². The average Bonchev–Trinajstić information content (AvgIpc) is 2.84. The Balaban J connectivity index is 2.08. The number of benzene rings is 1. The zero-order valence-corrected chi connectivity index (χ0v) is 12.3. The summed E-state index contributed by atoms with van der Waals surface area (Å²) in [6, 6.07) is 6.09. The molecule has 1 fully saturated rings. The average molecular weight is 263 g/mol. The van der Waals surface area contributed by atoms with E-state index in [1.165, 1.54) is 31.2 Å². The van der Waals surface area contributed by atoms with E-state index in [0.29, 0.717) is 6.61 Å². The predicted molar refractivity (Wildman–Crippen MR) is 77.9 cm³/mol. The van der Waals surface area contributed by atoms with Crippen LogP contribution in [0.3, 0.4) is 0 Å². The normalized spacial score (nSPS) is 17.4. The summed E-state index contributed by atoms with van der Waals surface area (Å²) in [7, 11) is 1.71. The predicted octanol–water partition coefficient (Wildman–Crippen LogP) is 3.52. The van der Waals surface area contributed by atoms with Crippen molar-refractivity contribution in [2.24, 2.45) is 0 Å². The molecular weight excluding hydrogens is 238 g/mol. The summed E-state index contributed by atoms with van der Waals surface area (Å²) in [6.45, 7) is 5.80. The lowest BCUT2D eigenvalue weighted by Crippen LogP contribution is -2.38. The summed E-state index contributed by atoms with van der Waals surface area (Å²) < 4.78 is 11.1. The molecule has 1 aromatic rings. The first-order valence-corrected chi connectivity index (χ1v) is 7.22. The molecule has 1 aliphatic carbocycles. The number of nitrogens with one attached hydrogen (secondary N) is 1. The zero-order valence-electron chi connectivity index (χ0n) is 12.3. The van der Waals surface area contributed by atoms with Crippen LogP contribution in [0, 0.1) is 0 Å². The number of rotatable bonds is 6. The van der Waals surface area contributed by atoms with Crippen molar-refractivity contribution in [2.45, 2.75) is 51.6 Å². The number of hydrogen-bond acceptors (Lipinski definition) is 3. The first kappa shape index (κ1) is 14.2. The molecule has 0 heterocycles. The van der Waals surface area contributed by atoms with Crippen LogP contribution in [-0.4, -0.2) is 19.3 Å².